The highest BCUT2D eigenvalue weighted by Gasteiger charge is 2.21. The Kier molecular flexibility index (Phi) is 4.35. The molecule has 2 atom stereocenters. The van der Waals surface area contributed by atoms with E-state index in [1.54, 1.807) is 6.92 Å². The number of carbonyl (C=O) groups is 1. The van der Waals surface area contributed by atoms with Gasteiger partial charge in [0.25, 0.3) is 5.91 Å². The van der Waals surface area contributed by atoms with E-state index in [0.717, 1.165) is 12.7 Å². The number of hydrogen-bond acceptors (Lipinski definition) is 4. The number of nitrogens with two attached hydrogens (primary N) is 1. The van der Waals surface area contributed by atoms with Crippen LogP contribution in [-0.4, -0.2) is 26.6 Å². The van der Waals surface area contributed by atoms with Gasteiger partial charge in [-0.1, -0.05) is 20.3 Å². The second-order valence-corrected chi connectivity index (χ2v) is 4.90. The topological polar surface area (TPSA) is 89.3 Å². The zero-order chi connectivity index (χ0) is 10.6. The molecule has 0 aliphatic rings. The van der Waals surface area contributed by atoms with Crippen molar-refractivity contribution in [3.8, 4) is 0 Å². The van der Waals surface area contributed by atoms with Crippen molar-refractivity contribution in [3.05, 3.63) is 0 Å². The molecule has 0 radical (unpaired) electrons. The fourth-order valence-corrected chi connectivity index (χ4v) is 1.26. The molecule has 78 valence electrons. The molecule has 13 heavy (non-hydrogen) atoms. The molecule has 0 aromatic rings. The van der Waals surface area contributed by atoms with Gasteiger partial charge in [0, 0.05) is 0 Å². The molecule has 1 amide bonds. The van der Waals surface area contributed by atoms with Crippen LogP contribution >= 0.6 is 0 Å². The minimum absolute atomic E-state index is 0.0262. The Morgan fingerprint density at radius 2 is 2.00 bits per heavy atom. The highest BCUT2D eigenvalue weighted by molar-refractivity contribution is 7.89. The summed E-state index contributed by atoms with van der Waals surface area (Å²) in [6.45, 7) is 3.69. The number of amides is 1. The van der Waals surface area contributed by atoms with Crippen LogP contribution in [0.1, 0.15) is 20.3 Å². The number of carbonyl (C=O) groups excluding carboxylic acids is 1. The average Bonchev–Trinajstić information content (AvgIpc) is 1.98. The quantitative estimate of drug-likeness (QED) is 0.648. The predicted octanol–water partition coefficient (Wildman–Crippen LogP) is -0.564. The summed E-state index contributed by atoms with van der Waals surface area (Å²) < 4.78 is 23.2. The minimum Gasteiger partial charge on any atom is -0.320 e. The van der Waals surface area contributed by atoms with Gasteiger partial charge in [-0.3, -0.25) is 9.52 Å². The summed E-state index contributed by atoms with van der Waals surface area (Å²) in [5, 5.41) is 0. The van der Waals surface area contributed by atoms with Gasteiger partial charge in [-0.05, 0) is 5.92 Å². The van der Waals surface area contributed by atoms with Gasteiger partial charge in [-0.25, -0.2) is 8.42 Å². The summed E-state index contributed by atoms with van der Waals surface area (Å²) in [5.41, 5.74) is 5.50. The Morgan fingerprint density at radius 1 is 1.54 bits per heavy atom. The van der Waals surface area contributed by atoms with E-state index >= 15 is 0 Å². The maximum absolute atomic E-state index is 11.1. The van der Waals surface area contributed by atoms with Crippen molar-refractivity contribution in [2.45, 2.75) is 26.3 Å². The molecule has 0 heterocycles. The van der Waals surface area contributed by atoms with Crippen molar-refractivity contribution in [3.63, 3.8) is 0 Å². The summed E-state index contributed by atoms with van der Waals surface area (Å²) in [7, 11) is -3.49. The van der Waals surface area contributed by atoms with Crippen LogP contribution in [0.15, 0.2) is 0 Å². The molecule has 0 aromatic carbocycles. The number of sulfonamides is 1. The van der Waals surface area contributed by atoms with E-state index in [1.807, 2.05) is 11.6 Å². The SMILES string of the molecule is CCC(C)[C@H](N)C(=O)NS(C)(=O)=O. The van der Waals surface area contributed by atoms with E-state index in [2.05, 4.69) is 0 Å². The molecular weight excluding hydrogens is 192 g/mol. The molecule has 0 fully saturated rings. The van der Waals surface area contributed by atoms with Gasteiger partial charge in [0.15, 0.2) is 0 Å². The van der Waals surface area contributed by atoms with Crippen LogP contribution in [0.4, 0.5) is 0 Å². The lowest BCUT2D eigenvalue weighted by Gasteiger charge is -2.16. The van der Waals surface area contributed by atoms with Crippen LogP contribution in [0.5, 0.6) is 0 Å². The van der Waals surface area contributed by atoms with E-state index in [4.69, 9.17) is 5.73 Å². The Morgan fingerprint density at radius 3 is 2.31 bits per heavy atom. The molecule has 0 aliphatic heterocycles. The smallest absolute Gasteiger partial charge is 0.250 e. The molecule has 5 nitrogen and oxygen atoms in total. The predicted molar refractivity (Wildman–Crippen MR) is 50.4 cm³/mol. The van der Waals surface area contributed by atoms with Crippen molar-refractivity contribution >= 4 is 15.9 Å². The van der Waals surface area contributed by atoms with Crippen molar-refractivity contribution in [2.24, 2.45) is 11.7 Å². The normalized spacial score (nSPS) is 16.3. The van der Waals surface area contributed by atoms with Gasteiger partial charge in [-0.2, -0.15) is 0 Å². The second-order valence-electron chi connectivity index (χ2n) is 3.15. The Labute approximate surface area is 78.7 Å². The third-order valence-corrected chi connectivity index (χ3v) is 2.42. The average molecular weight is 208 g/mol. The molecule has 0 aliphatic carbocycles. The van der Waals surface area contributed by atoms with Gasteiger partial charge in [0.2, 0.25) is 10.0 Å². The molecule has 0 saturated heterocycles. The van der Waals surface area contributed by atoms with Crippen LogP contribution in [-0.2, 0) is 14.8 Å². The van der Waals surface area contributed by atoms with Crippen LogP contribution in [0.3, 0.4) is 0 Å². The van der Waals surface area contributed by atoms with Gasteiger partial charge in [0.05, 0.1) is 12.3 Å². The molecule has 6 heteroatoms. The van der Waals surface area contributed by atoms with E-state index in [0.29, 0.717) is 0 Å². The van der Waals surface area contributed by atoms with Gasteiger partial charge >= 0.3 is 0 Å². The first-order chi connectivity index (χ1) is 5.78. The lowest BCUT2D eigenvalue weighted by atomic mass is 10.00. The fraction of sp³-hybridized carbons (Fsp3) is 0.857. The maximum Gasteiger partial charge on any atom is 0.250 e. The molecule has 3 N–H and O–H groups in total. The first kappa shape index (κ1) is 12.4. The van der Waals surface area contributed by atoms with Crippen molar-refractivity contribution in [1.29, 1.82) is 0 Å². The second kappa shape index (κ2) is 4.57. The lowest BCUT2D eigenvalue weighted by molar-refractivity contribution is -0.121. The lowest BCUT2D eigenvalue weighted by Crippen LogP contribution is -2.46. The standard InChI is InChI=1S/C7H16N2O3S/c1-4-5(2)6(8)7(10)9-13(3,11)12/h5-6H,4,8H2,1-3H3,(H,9,10)/t5?,6-/m0/s1. The zero-order valence-electron chi connectivity index (χ0n) is 8.07. The van der Waals surface area contributed by atoms with Gasteiger partial charge in [0.1, 0.15) is 0 Å². The van der Waals surface area contributed by atoms with Gasteiger partial charge < -0.3 is 5.73 Å². The first-order valence-corrected chi connectivity index (χ1v) is 5.94. The Bertz CT molecular complexity index is 273. The van der Waals surface area contributed by atoms with Crippen molar-refractivity contribution in [2.75, 3.05) is 6.26 Å². The molecule has 1 unspecified atom stereocenters. The van der Waals surface area contributed by atoms with Gasteiger partial charge in [-0.15, -0.1) is 0 Å². The molecule has 0 saturated carbocycles. The van der Waals surface area contributed by atoms with E-state index in [-0.39, 0.29) is 5.92 Å². The first-order valence-electron chi connectivity index (χ1n) is 4.05. The van der Waals surface area contributed by atoms with E-state index in [9.17, 15) is 13.2 Å². The largest absolute Gasteiger partial charge is 0.320 e. The highest BCUT2D eigenvalue weighted by Crippen LogP contribution is 2.05. The van der Waals surface area contributed by atoms with Crippen LogP contribution in [0, 0.1) is 5.92 Å². The monoisotopic (exact) mass is 208 g/mol. The minimum atomic E-state index is -3.49. The summed E-state index contributed by atoms with van der Waals surface area (Å²) in [5.74, 6) is -0.668. The molecule has 0 bridgehead atoms. The summed E-state index contributed by atoms with van der Waals surface area (Å²) in [6.07, 6.45) is 1.66. The third kappa shape index (κ3) is 4.84. The van der Waals surface area contributed by atoms with Crippen LogP contribution in [0.25, 0.3) is 0 Å². The maximum atomic E-state index is 11.1. The summed E-state index contributed by atoms with van der Waals surface area (Å²) in [6, 6.07) is -0.764. The van der Waals surface area contributed by atoms with Crippen LogP contribution < -0.4 is 10.5 Å². The van der Waals surface area contributed by atoms with Crippen molar-refractivity contribution < 1.29 is 13.2 Å². The molecule has 0 aromatic heterocycles. The molecule has 0 spiro atoms. The third-order valence-electron chi connectivity index (χ3n) is 1.85. The molecular formula is C7H16N2O3S. The summed E-state index contributed by atoms with van der Waals surface area (Å²) >= 11 is 0. The Hall–Kier alpha value is -0.620. The van der Waals surface area contributed by atoms with E-state index < -0.39 is 22.0 Å². The highest BCUT2D eigenvalue weighted by atomic mass is 32.2. The molecule has 0 rings (SSSR count). The number of hydrogen-bond donors (Lipinski definition) is 2. The number of nitrogens with one attached hydrogen (secondary N) is 1. The van der Waals surface area contributed by atoms with E-state index in [1.165, 1.54) is 0 Å². The summed E-state index contributed by atoms with van der Waals surface area (Å²) in [4.78, 5) is 11.1. The van der Waals surface area contributed by atoms with Crippen LogP contribution in [0.2, 0.25) is 0 Å². The number of rotatable bonds is 4. The fourth-order valence-electron chi connectivity index (χ4n) is 0.763. The Balaban J connectivity index is 4.28. The zero-order valence-corrected chi connectivity index (χ0v) is 8.89. The van der Waals surface area contributed by atoms with Crippen molar-refractivity contribution in [1.82, 2.24) is 4.72 Å².